The first kappa shape index (κ1) is 8.73. The molecule has 13 heavy (non-hydrogen) atoms. The van der Waals surface area contributed by atoms with E-state index < -0.39 is 0 Å². The highest BCUT2D eigenvalue weighted by atomic mass is 32.1. The Morgan fingerprint density at radius 1 is 1.38 bits per heavy atom. The Bertz CT molecular complexity index is 417. The van der Waals surface area contributed by atoms with E-state index in [0.717, 1.165) is 13.0 Å². The maximum absolute atomic E-state index is 5.53. The molecule has 0 atom stereocenters. The van der Waals surface area contributed by atoms with Gasteiger partial charge in [-0.25, -0.2) is 0 Å². The van der Waals surface area contributed by atoms with Crippen molar-refractivity contribution in [1.29, 1.82) is 0 Å². The number of nitrogens with two attached hydrogens (primary N) is 1. The third-order valence-corrected chi connectivity index (χ3v) is 3.30. The molecule has 2 heteroatoms. The van der Waals surface area contributed by atoms with E-state index in [1.807, 2.05) is 11.3 Å². The Labute approximate surface area is 82.2 Å². The first-order valence-electron chi connectivity index (χ1n) is 4.48. The molecule has 68 valence electrons. The number of thiophene rings is 1. The number of rotatable bonds is 2. The van der Waals surface area contributed by atoms with Crippen LogP contribution < -0.4 is 5.73 Å². The Kier molecular flexibility index (Phi) is 2.34. The van der Waals surface area contributed by atoms with Gasteiger partial charge in [-0.3, -0.25) is 0 Å². The van der Waals surface area contributed by atoms with Crippen molar-refractivity contribution in [3.8, 4) is 0 Å². The van der Waals surface area contributed by atoms with Crippen LogP contribution in [0.3, 0.4) is 0 Å². The van der Waals surface area contributed by atoms with E-state index >= 15 is 0 Å². The minimum atomic E-state index is 0.731. The highest BCUT2D eigenvalue weighted by Crippen LogP contribution is 2.25. The van der Waals surface area contributed by atoms with Crippen molar-refractivity contribution in [2.75, 3.05) is 6.54 Å². The molecule has 0 radical (unpaired) electrons. The molecular weight excluding hydrogens is 178 g/mol. The van der Waals surface area contributed by atoms with Crippen LogP contribution in [0.1, 0.15) is 11.1 Å². The fraction of sp³-hybridized carbons (Fsp3) is 0.273. The van der Waals surface area contributed by atoms with Crippen molar-refractivity contribution in [2.45, 2.75) is 13.3 Å². The molecule has 0 aliphatic heterocycles. The summed E-state index contributed by atoms with van der Waals surface area (Å²) in [6.45, 7) is 2.90. The van der Waals surface area contributed by atoms with Gasteiger partial charge in [-0.1, -0.05) is 12.1 Å². The summed E-state index contributed by atoms with van der Waals surface area (Å²) in [6.07, 6.45) is 0.979. The lowest BCUT2D eigenvalue weighted by atomic mass is 10.1. The lowest BCUT2D eigenvalue weighted by Gasteiger charge is -2.02. The molecule has 0 spiro atoms. The van der Waals surface area contributed by atoms with E-state index in [1.54, 1.807) is 0 Å². The van der Waals surface area contributed by atoms with Crippen molar-refractivity contribution in [2.24, 2.45) is 5.73 Å². The maximum atomic E-state index is 5.53. The van der Waals surface area contributed by atoms with Crippen LogP contribution in [-0.2, 0) is 6.42 Å². The number of hydrogen-bond acceptors (Lipinski definition) is 2. The molecule has 0 aliphatic carbocycles. The SMILES string of the molecule is Cc1cc(CCN)cc2ccsc12. The summed E-state index contributed by atoms with van der Waals surface area (Å²) in [7, 11) is 0. The third kappa shape index (κ3) is 1.60. The quantitative estimate of drug-likeness (QED) is 0.776. The van der Waals surface area contributed by atoms with E-state index in [1.165, 1.54) is 21.2 Å². The molecule has 0 fully saturated rings. The van der Waals surface area contributed by atoms with Crippen molar-refractivity contribution >= 4 is 21.4 Å². The van der Waals surface area contributed by atoms with Crippen LogP contribution >= 0.6 is 11.3 Å². The topological polar surface area (TPSA) is 26.0 Å². The summed E-state index contributed by atoms with van der Waals surface area (Å²) in [5, 5.41) is 3.50. The van der Waals surface area contributed by atoms with Crippen LogP contribution in [0, 0.1) is 6.92 Å². The Morgan fingerprint density at radius 3 is 3.00 bits per heavy atom. The molecule has 0 aliphatic rings. The van der Waals surface area contributed by atoms with Crippen LogP contribution in [-0.4, -0.2) is 6.54 Å². The van der Waals surface area contributed by atoms with Crippen LogP contribution in [0.5, 0.6) is 0 Å². The predicted molar refractivity (Wildman–Crippen MR) is 59.3 cm³/mol. The lowest BCUT2D eigenvalue weighted by Crippen LogP contribution is -2.02. The highest BCUT2D eigenvalue weighted by molar-refractivity contribution is 7.17. The fourth-order valence-electron chi connectivity index (χ4n) is 1.65. The van der Waals surface area contributed by atoms with E-state index in [-0.39, 0.29) is 0 Å². The Balaban J connectivity index is 2.56. The van der Waals surface area contributed by atoms with E-state index in [0.29, 0.717) is 0 Å². The first-order valence-corrected chi connectivity index (χ1v) is 5.36. The first-order chi connectivity index (χ1) is 6.31. The molecule has 1 heterocycles. The van der Waals surface area contributed by atoms with E-state index in [4.69, 9.17) is 5.73 Å². The second kappa shape index (κ2) is 3.48. The van der Waals surface area contributed by atoms with Gasteiger partial charge in [0, 0.05) is 4.70 Å². The lowest BCUT2D eigenvalue weighted by molar-refractivity contribution is 0.969. The second-order valence-electron chi connectivity index (χ2n) is 3.29. The molecule has 0 amide bonds. The Morgan fingerprint density at radius 2 is 2.23 bits per heavy atom. The van der Waals surface area contributed by atoms with Gasteiger partial charge < -0.3 is 5.73 Å². The predicted octanol–water partition coefficient (Wildman–Crippen LogP) is 2.71. The average molecular weight is 191 g/mol. The zero-order chi connectivity index (χ0) is 9.26. The molecule has 0 unspecified atom stereocenters. The van der Waals surface area contributed by atoms with Gasteiger partial charge >= 0.3 is 0 Å². The summed E-state index contributed by atoms with van der Waals surface area (Å²) in [5.41, 5.74) is 8.26. The normalized spacial score (nSPS) is 10.9. The summed E-state index contributed by atoms with van der Waals surface area (Å²) >= 11 is 1.81. The molecule has 0 bridgehead atoms. The van der Waals surface area contributed by atoms with Crippen molar-refractivity contribution in [3.63, 3.8) is 0 Å². The van der Waals surface area contributed by atoms with Crippen LogP contribution in [0.15, 0.2) is 23.6 Å². The van der Waals surface area contributed by atoms with Crippen molar-refractivity contribution in [1.82, 2.24) is 0 Å². The molecule has 2 N–H and O–H groups in total. The molecule has 1 aromatic carbocycles. The highest BCUT2D eigenvalue weighted by Gasteiger charge is 2.00. The summed E-state index contributed by atoms with van der Waals surface area (Å²) in [5.74, 6) is 0. The van der Waals surface area contributed by atoms with Crippen molar-refractivity contribution in [3.05, 3.63) is 34.7 Å². The number of benzene rings is 1. The zero-order valence-corrected chi connectivity index (χ0v) is 8.53. The molecule has 1 nitrogen and oxygen atoms in total. The van der Waals surface area contributed by atoms with E-state index in [2.05, 4.69) is 30.5 Å². The molecular formula is C11H13NS. The van der Waals surface area contributed by atoms with Gasteiger partial charge in [0.1, 0.15) is 0 Å². The molecule has 0 saturated heterocycles. The number of hydrogen-bond donors (Lipinski definition) is 1. The van der Waals surface area contributed by atoms with Gasteiger partial charge in [0.05, 0.1) is 0 Å². The van der Waals surface area contributed by atoms with Gasteiger partial charge in [-0.05, 0) is 47.8 Å². The summed E-state index contributed by atoms with van der Waals surface area (Å²) in [4.78, 5) is 0. The Hall–Kier alpha value is -0.860. The molecule has 0 saturated carbocycles. The van der Waals surface area contributed by atoms with Crippen LogP contribution in [0.25, 0.3) is 10.1 Å². The van der Waals surface area contributed by atoms with E-state index in [9.17, 15) is 0 Å². The number of fused-ring (bicyclic) bond motifs is 1. The maximum Gasteiger partial charge on any atom is 0.0372 e. The monoisotopic (exact) mass is 191 g/mol. The average Bonchev–Trinajstić information content (AvgIpc) is 2.53. The van der Waals surface area contributed by atoms with Gasteiger partial charge in [0.2, 0.25) is 0 Å². The number of aryl methyl sites for hydroxylation is 1. The van der Waals surface area contributed by atoms with Gasteiger partial charge in [0.25, 0.3) is 0 Å². The second-order valence-corrected chi connectivity index (χ2v) is 4.21. The van der Waals surface area contributed by atoms with Gasteiger partial charge in [-0.2, -0.15) is 0 Å². The largest absolute Gasteiger partial charge is 0.330 e. The molecule has 2 rings (SSSR count). The molecule has 1 aromatic heterocycles. The zero-order valence-electron chi connectivity index (χ0n) is 7.71. The third-order valence-electron chi connectivity index (χ3n) is 2.23. The van der Waals surface area contributed by atoms with Gasteiger partial charge in [-0.15, -0.1) is 11.3 Å². The van der Waals surface area contributed by atoms with Gasteiger partial charge in [0.15, 0.2) is 0 Å². The van der Waals surface area contributed by atoms with Crippen LogP contribution in [0.4, 0.5) is 0 Å². The minimum Gasteiger partial charge on any atom is -0.330 e. The fourth-order valence-corrected chi connectivity index (χ4v) is 2.51. The minimum absolute atomic E-state index is 0.731. The summed E-state index contributed by atoms with van der Waals surface area (Å²) < 4.78 is 1.40. The standard InChI is InChI=1S/C11H13NS/c1-8-6-9(2-4-12)7-10-3-5-13-11(8)10/h3,5-7H,2,4,12H2,1H3. The van der Waals surface area contributed by atoms with Crippen LogP contribution in [0.2, 0.25) is 0 Å². The summed E-state index contributed by atoms with van der Waals surface area (Å²) in [6, 6.07) is 6.66. The molecule has 2 aromatic rings. The smallest absolute Gasteiger partial charge is 0.0372 e. The van der Waals surface area contributed by atoms with Crippen molar-refractivity contribution < 1.29 is 0 Å².